The van der Waals surface area contributed by atoms with E-state index in [4.69, 9.17) is 14.2 Å². The molecule has 0 aliphatic carbocycles. The smallest absolute Gasteiger partial charge is 0.0707 e. The lowest BCUT2D eigenvalue weighted by atomic mass is 10.2. The van der Waals surface area contributed by atoms with Crippen molar-refractivity contribution in [3.8, 4) is 0 Å². The number of hydrogen-bond acceptors (Lipinski definition) is 3. The van der Waals surface area contributed by atoms with Crippen LogP contribution in [0.2, 0.25) is 0 Å². The van der Waals surface area contributed by atoms with Crippen LogP contribution in [0, 0.1) is 0 Å². The molecule has 0 rings (SSSR count). The molecule has 0 amide bonds. The van der Waals surface area contributed by atoms with Gasteiger partial charge in [0.15, 0.2) is 0 Å². The molecule has 0 aromatic heterocycles. The third-order valence-electron chi connectivity index (χ3n) is 2.25. The summed E-state index contributed by atoms with van der Waals surface area (Å²) in [4.78, 5) is 0. The van der Waals surface area contributed by atoms with Crippen LogP contribution in [0.5, 0.6) is 0 Å². The van der Waals surface area contributed by atoms with Crippen molar-refractivity contribution in [3.05, 3.63) is 0 Å². The van der Waals surface area contributed by atoms with E-state index < -0.39 is 0 Å². The lowest BCUT2D eigenvalue weighted by Gasteiger charge is -2.19. The lowest BCUT2D eigenvalue weighted by Crippen LogP contribution is -2.21. The zero-order chi connectivity index (χ0) is 16.1. The molecule has 0 aromatic carbocycles. The summed E-state index contributed by atoms with van der Waals surface area (Å²) >= 11 is 0. The lowest BCUT2D eigenvalue weighted by molar-refractivity contribution is -0.0331. The fourth-order valence-electron chi connectivity index (χ4n) is 1.28. The second-order valence-electron chi connectivity index (χ2n) is 6.83. The Bertz CT molecular complexity index is 167. The van der Waals surface area contributed by atoms with Gasteiger partial charge in [0.25, 0.3) is 0 Å². The molecule has 0 saturated heterocycles. The van der Waals surface area contributed by atoms with Crippen molar-refractivity contribution in [2.45, 2.75) is 85.9 Å². The monoisotopic (exact) mass is 290 g/mol. The van der Waals surface area contributed by atoms with E-state index in [1.165, 1.54) is 19.3 Å². The molecule has 20 heavy (non-hydrogen) atoms. The van der Waals surface area contributed by atoms with Gasteiger partial charge in [-0.05, 0) is 54.9 Å². The van der Waals surface area contributed by atoms with Crippen LogP contribution in [0.15, 0.2) is 0 Å². The van der Waals surface area contributed by atoms with Crippen LogP contribution in [0.25, 0.3) is 0 Å². The van der Waals surface area contributed by atoms with Gasteiger partial charge in [-0.15, -0.1) is 0 Å². The standard InChI is InChI=1S/C9H20O.C8H18O2/c1-5-6-7-8-10-9(2,3)4;1-5-9-6-7-10-8(2,3)4/h5-8H2,1-4H3;5-7H2,1-4H3. The summed E-state index contributed by atoms with van der Waals surface area (Å²) in [6, 6.07) is 0. The maximum atomic E-state index is 5.53. The van der Waals surface area contributed by atoms with Crippen LogP contribution in [0.4, 0.5) is 0 Å². The Kier molecular flexibility index (Phi) is 14.0. The van der Waals surface area contributed by atoms with Crippen LogP contribution in [-0.2, 0) is 14.2 Å². The van der Waals surface area contributed by atoms with Crippen molar-refractivity contribution in [1.82, 2.24) is 0 Å². The predicted molar refractivity (Wildman–Crippen MR) is 87.4 cm³/mol. The molecule has 0 heterocycles. The van der Waals surface area contributed by atoms with Crippen LogP contribution < -0.4 is 0 Å². The number of hydrogen-bond donors (Lipinski definition) is 0. The predicted octanol–water partition coefficient (Wildman–Crippen LogP) is 4.83. The van der Waals surface area contributed by atoms with Crippen LogP contribution in [0.1, 0.15) is 74.7 Å². The summed E-state index contributed by atoms with van der Waals surface area (Å²) in [7, 11) is 0. The van der Waals surface area contributed by atoms with Crippen molar-refractivity contribution in [2.75, 3.05) is 26.4 Å². The summed E-state index contributed by atoms with van der Waals surface area (Å²) in [5.41, 5.74) is 0.0187. The van der Waals surface area contributed by atoms with E-state index in [-0.39, 0.29) is 11.2 Å². The fraction of sp³-hybridized carbons (Fsp3) is 1.00. The summed E-state index contributed by atoms with van der Waals surface area (Å²) in [5, 5.41) is 0. The van der Waals surface area contributed by atoms with Gasteiger partial charge in [-0.3, -0.25) is 0 Å². The van der Waals surface area contributed by atoms with Gasteiger partial charge in [-0.25, -0.2) is 0 Å². The minimum Gasteiger partial charge on any atom is -0.379 e. The third kappa shape index (κ3) is 26.4. The molecule has 124 valence electrons. The van der Waals surface area contributed by atoms with Crippen molar-refractivity contribution < 1.29 is 14.2 Å². The van der Waals surface area contributed by atoms with Gasteiger partial charge >= 0.3 is 0 Å². The van der Waals surface area contributed by atoms with Crippen molar-refractivity contribution in [3.63, 3.8) is 0 Å². The third-order valence-corrected chi connectivity index (χ3v) is 2.25. The molecule has 0 spiro atoms. The Labute approximate surface area is 127 Å². The molecule has 3 nitrogen and oxygen atoms in total. The molecule has 3 heteroatoms. The molecule has 0 atom stereocenters. The molecule has 0 aliphatic heterocycles. The molecule has 0 aliphatic rings. The quantitative estimate of drug-likeness (QED) is 0.599. The van der Waals surface area contributed by atoms with Gasteiger partial charge in [0.1, 0.15) is 0 Å². The SMILES string of the molecule is CCCCCOC(C)(C)C.CCOCCOC(C)(C)C. The van der Waals surface area contributed by atoms with Crippen molar-refractivity contribution in [2.24, 2.45) is 0 Å². The average molecular weight is 290 g/mol. The number of unbranched alkanes of at least 4 members (excludes halogenated alkanes) is 2. The molecule has 0 bridgehead atoms. The van der Waals surface area contributed by atoms with E-state index in [0.717, 1.165) is 13.2 Å². The Morgan fingerprint density at radius 1 is 0.650 bits per heavy atom. The highest BCUT2D eigenvalue weighted by atomic mass is 16.5. The van der Waals surface area contributed by atoms with E-state index in [1.807, 2.05) is 27.7 Å². The molecule has 0 unspecified atom stereocenters. The topological polar surface area (TPSA) is 27.7 Å². The summed E-state index contributed by atoms with van der Waals surface area (Å²) in [6.45, 7) is 19.7. The van der Waals surface area contributed by atoms with Crippen LogP contribution in [-0.4, -0.2) is 37.6 Å². The molecule has 0 saturated carbocycles. The molecule has 0 N–H and O–H groups in total. The summed E-state index contributed by atoms with van der Waals surface area (Å²) in [6.07, 6.45) is 3.76. The van der Waals surface area contributed by atoms with Crippen LogP contribution in [0.3, 0.4) is 0 Å². The molecular formula is C17H38O3. The minimum absolute atomic E-state index is 0.0307. The first-order valence-corrected chi connectivity index (χ1v) is 7.98. The number of ether oxygens (including phenoxy) is 3. The van der Waals surface area contributed by atoms with Crippen molar-refractivity contribution in [1.29, 1.82) is 0 Å². The Morgan fingerprint density at radius 2 is 1.15 bits per heavy atom. The number of rotatable bonds is 8. The van der Waals surface area contributed by atoms with Gasteiger partial charge in [-0.1, -0.05) is 19.8 Å². The first-order chi connectivity index (χ1) is 9.12. The van der Waals surface area contributed by atoms with E-state index >= 15 is 0 Å². The van der Waals surface area contributed by atoms with Crippen LogP contribution >= 0.6 is 0 Å². The van der Waals surface area contributed by atoms with Gasteiger partial charge in [0.05, 0.1) is 24.4 Å². The normalized spacial score (nSPS) is 12.0. The van der Waals surface area contributed by atoms with E-state index in [9.17, 15) is 0 Å². The highest BCUT2D eigenvalue weighted by Gasteiger charge is 2.08. The maximum Gasteiger partial charge on any atom is 0.0707 e. The largest absolute Gasteiger partial charge is 0.379 e. The van der Waals surface area contributed by atoms with Gasteiger partial charge < -0.3 is 14.2 Å². The van der Waals surface area contributed by atoms with Gasteiger partial charge in [-0.2, -0.15) is 0 Å². The highest BCUT2D eigenvalue weighted by molar-refractivity contribution is 4.58. The van der Waals surface area contributed by atoms with E-state index in [1.54, 1.807) is 0 Å². The van der Waals surface area contributed by atoms with Crippen molar-refractivity contribution >= 4 is 0 Å². The zero-order valence-electron chi connectivity index (χ0n) is 15.2. The average Bonchev–Trinajstić information content (AvgIpc) is 2.29. The first kappa shape index (κ1) is 22.2. The van der Waals surface area contributed by atoms with Gasteiger partial charge in [0.2, 0.25) is 0 Å². The minimum atomic E-state index is -0.0307. The molecule has 0 radical (unpaired) electrons. The Hall–Kier alpha value is -0.120. The van der Waals surface area contributed by atoms with E-state index in [0.29, 0.717) is 13.2 Å². The first-order valence-electron chi connectivity index (χ1n) is 7.98. The highest BCUT2D eigenvalue weighted by Crippen LogP contribution is 2.08. The second kappa shape index (κ2) is 12.6. The molecule has 0 aromatic rings. The van der Waals surface area contributed by atoms with Gasteiger partial charge in [0, 0.05) is 13.2 Å². The summed E-state index contributed by atoms with van der Waals surface area (Å²) in [5.74, 6) is 0. The maximum absolute atomic E-state index is 5.53. The van der Waals surface area contributed by atoms with E-state index in [2.05, 4.69) is 27.7 Å². The summed E-state index contributed by atoms with van der Waals surface area (Å²) < 4.78 is 16.0. The molecular weight excluding hydrogens is 252 g/mol. The molecule has 0 fully saturated rings. The second-order valence-corrected chi connectivity index (χ2v) is 6.83. The fourth-order valence-corrected chi connectivity index (χ4v) is 1.28. The Balaban J connectivity index is 0. The zero-order valence-corrected chi connectivity index (χ0v) is 15.2. The Morgan fingerprint density at radius 3 is 1.55 bits per heavy atom.